The summed E-state index contributed by atoms with van der Waals surface area (Å²) < 4.78 is 4.67. The number of anilines is 1. The Hall–Kier alpha value is -2.71. The Balaban J connectivity index is 2.72. The molecule has 4 N–H and O–H groups in total. The van der Waals surface area contributed by atoms with Gasteiger partial charge in [0, 0.05) is 0 Å². The van der Waals surface area contributed by atoms with E-state index < -0.39 is 22.9 Å². The molecule has 0 radical (unpaired) electrons. The van der Waals surface area contributed by atoms with Crippen molar-refractivity contribution in [2.45, 2.75) is 6.92 Å². The molecule has 0 fully saturated rings. The molecular weight excluding hydrogens is 242 g/mol. The molecule has 0 aromatic carbocycles. The number of rotatable bonds is 2. The normalized spacial score (nSPS) is 10.5. The number of nitrogens with zero attached hydrogens (tertiary/aromatic N) is 2. The van der Waals surface area contributed by atoms with Crippen molar-refractivity contribution in [3.05, 3.63) is 26.5 Å². The van der Waals surface area contributed by atoms with Crippen LogP contribution in [0.4, 0.5) is 5.82 Å². The second-order valence-electron chi connectivity index (χ2n) is 3.29. The number of esters is 1. The van der Waals surface area contributed by atoms with E-state index in [0.717, 1.165) is 0 Å². The number of nitrogens with one attached hydrogen (secondary N) is 2. The molecule has 2 heterocycles. The van der Waals surface area contributed by atoms with Gasteiger partial charge in [0.15, 0.2) is 5.65 Å². The highest BCUT2D eigenvalue weighted by molar-refractivity contribution is 5.90. The van der Waals surface area contributed by atoms with Gasteiger partial charge in [-0.05, 0) is 6.92 Å². The summed E-state index contributed by atoms with van der Waals surface area (Å²) in [7, 11) is 0. The van der Waals surface area contributed by atoms with Crippen LogP contribution in [0.2, 0.25) is 0 Å². The van der Waals surface area contributed by atoms with Crippen LogP contribution in [0.1, 0.15) is 17.4 Å². The third-order valence-corrected chi connectivity index (χ3v) is 2.07. The summed E-state index contributed by atoms with van der Waals surface area (Å²) in [6, 6.07) is 0. The highest BCUT2D eigenvalue weighted by Crippen LogP contribution is 2.08. The lowest BCUT2D eigenvalue weighted by molar-refractivity contribution is 0.0517. The zero-order valence-electron chi connectivity index (χ0n) is 9.31. The average molecular weight is 251 g/mol. The number of aromatic nitrogens is 4. The summed E-state index contributed by atoms with van der Waals surface area (Å²) in [6.07, 6.45) is 0. The third-order valence-electron chi connectivity index (χ3n) is 2.07. The van der Waals surface area contributed by atoms with E-state index in [1.807, 2.05) is 0 Å². The first-order valence-corrected chi connectivity index (χ1v) is 5.00. The number of nitrogen functional groups attached to an aromatic ring is 1. The molecule has 2 rings (SSSR count). The van der Waals surface area contributed by atoms with Gasteiger partial charge in [-0.1, -0.05) is 0 Å². The first-order valence-electron chi connectivity index (χ1n) is 5.00. The molecule has 0 aliphatic heterocycles. The van der Waals surface area contributed by atoms with Crippen LogP contribution < -0.4 is 17.0 Å². The second kappa shape index (κ2) is 4.28. The number of carbonyl (C=O) groups is 1. The molecular formula is C9H9N5O4. The third kappa shape index (κ3) is 1.93. The maximum absolute atomic E-state index is 11.6. The molecule has 0 saturated carbocycles. The number of ether oxygens (including phenoxy) is 1. The number of hydrogen-bond acceptors (Lipinski definition) is 7. The Labute approximate surface area is 99.0 Å². The SMILES string of the molecule is CCOC(=O)c1nc2c(N)[nH]c(=O)nc2[nH]c1=O. The highest BCUT2D eigenvalue weighted by atomic mass is 16.5. The summed E-state index contributed by atoms with van der Waals surface area (Å²) in [4.78, 5) is 45.8. The molecule has 0 aliphatic rings. The van der Waals surface area contributed by atoms with E-state index in [1.54, 1.807) is 6.92 Å². The zero-order chi connectivity index (χ0) is 13.3. The van der Waals surface area contributed by atoms with Crippen LogP contribution in [0, 0.1) is 0 Å². The molecule has 9 nitrogen and oxygen atoms in total. The first-order chi connectivity index (χ1) is 8.52. The van der Waals surface area contributed by atoms with Crippen molar-refractivity contribution in [3.8, 4) is 0 Å². The molecule has 0 atom stereocenters. The van der Waals surface area contributed by atoms with E-state index in [0.29, 0.717) is 0 Å². The fourth-order valence-corrected chi connectivity index (χ4v) is 1.35. The quantitative estimate of drug-likeness (QED) is 0.566. The number of aromatic amines is 2. The zero-order valence-corrected chi connectivity index (χ0v) is 9.31. The van der Waals surface area contributed by atoms with Crippen molar-refractivity contribution in [3.63, 3.8) is 0 Å². The lowest BCUT2D eigenvalue weighted by Gasteiger charge is -2.03. The van der Waals surface area contributed by atoms with Crippen molar-refractivity contribution in [2.75, 3.05) is 12.3 Å². The fraction of sp³-hybridized carbons (Fsp3) is 0.222. The van der Waals surface area contributed by atoms with Gasteiger partial charge in [0.25, 0.3) is 5.56 Å². The van der Waals surface area contributed by atoms with E-state index in [1.165, 1.54) is 0 Å². The van der Waals surface area contributed by atoms with Gasteiger partial charge in [-0.2, -0.15) is 4.98 Å². The summed E-state index contributed by atoms with van der Waals surface area (Å²) in [5, 5.41) is 0. The molecule has 9 heteroatoms. The maximum atomic E-state index is 11.6. The summed E-state index contributed by atoms with van der Waals surface area (Å²) in [5.74, 6) is -0.960. The number of nitrogens with two attached hydrogens (primary N) is 1. The monoisotopic (exact) mass is 251 g/mol. The molecule has 0 aliphatic carbocycles. The van der Waals surface area contributed by atoms with E-state index in [-0.39, 0.29) is 23.6 Å². The van der Waals surface area contributed by atoms with Gasteiger partial charge in [-0.3, -0.25) is 9.78 Å². The molecule has 0 bridgehead atoms. The van der Waals surface area contributed by atoms with Gasteiger partial charge in [-0.15, -0.1) is 0 Å². The van der Waals surface area contributed by atoms with Gasteiger partial charge in [0.2, 0.25) is 5.69 Å². The number of hydrogen-bond donors (Lipinski definition) is 3. The van der Waals surface area contributed by atoms with Crippen LogP contribution in [-0.2, 0) is 4.74 Å². The van der Waals surface area contributed by atoms with Gasteiger partial charge >= 0.3 is 11.7 Å². The Morgan fingerprint density at radius 3 is 2.72 bits per heavy atom. The topological polar surface area (TPSA) is 144 Å². The number of carbonyl (C=O) groups excluding carboxylic acids is 1. The van der Waals surface area contributed by atoms with Crippen LogP contribution in [0.5, 0.6) is 0 Å². The average Bonchev–Trinajstić information content (AvgIpc) is 2.27. The van der Waals surface area contributed by atoms with Crippen LogP contribution in [0.25, 0.3) is 11.2 Å². The van der Waals surface area contributed by atoms with Crippen LogP contribution in [-0.4, -0.2) is 32.5 Å². The predicted octanol–water partition coefficient (Wildman–Crippen LogP) is -1.23. The van der Waals surface area contributed by atoms with Crippen molar-refractivity contribution in [2.24, 2.45) is 0 Å². The highest BCUT2D eigenvalue weighted by Gasteiger charge is 2.16. The van der Waals surface area contributed by atoms with E-state index in [9.17, 15) is 14.4 Å². The van der Waals surface area contributed by atoms with Gasteiger partial charge in [0.1, 0.15) is 11.3 Å². The summed E-state index contributed by atoms with van der Waals surface area (Å²) >= 11 is 0. The van der Waals surface area contributed by atoms with E-state index in [4.69, 9.17) is 5.73 Å². The molecule has 0 unspecified atom stereocenters. The minimum Gasteiger partial charge on any atom is -0.461 e. The second-order valence-corrected chi connectivity index (χ2v) is 3.29. The maximum Gasteiger partial charge on any atom is 0.362 e. The van der Waals surface area contributed by atoms with Crippen LogP contribution in [0.3, 0.4) is 0 Å². The van der Waals surface area contributed by atoms with Gasteiger partial charge < -0.3 is 15.5 Å². The molecule has 2 aromatic heterocycles. The minimum atomic E-state index is -0.869. The summed E-state index contributed by atoms with van der Waals surface area (Å²) in [6.45, 7) is 1.71. The summed E-state index contributed by atoms with van der Waals surface area (Å²) in [5.41, 5.74) is 3.50. The Morgan fingerprint density at radius 2 is 2.06 bits per heavy atom. The molecule has 94 valence electrons. The predicted molar refractivity (Wildman–Crippen MR) is 61.1 cm³/mol. The fourth-order valence-electron chi connectivity index (χ4n) is 1.35. The smallest absolute Gasteiger partial charge is 0.362 e. The first kappa shape index (κ1) is 11.8. The van der Waals surface area contributed by atoms with E-state index in [2.05, 4.69) is 24.7 Å². The van der Waals surface area contributed by atoms with Gasteiger partial charge in [0.05, 0.1) is 6.61 Å². The Kier molecular flexibility index (Phi) is 2.80. The molecule has 18 heavy (non-hydrogen) atoms. The van der Waals surface area contributed by atoms with Crippen molar-refractivity contribution in [1.29, 1.82) is 0 Å². The van der Waals surface area contributed by atoms with Crippen molar-refractivity contribution < 1.29 is 9.53 Å². The Bertz CT molecular complexity index is 732. The Morgan fingerprint density at radius 1 is 1.33 bits per heavy atom. The number of H-pyrrole nitrogens is 2. The molecule has 2 aromatic rings. The van der Waals surface area contributed by atoms with E-state index >= 15 is 0 Å². The minimum absolute atomic E-state index is 0.0252. The molecule has 0 amide bonds. The lowest BCUT2D eigenvalue weighted by Crippen LogP contribution is -2.24. The molecule has 0 saturated heterocycles. The standard InChI is InChI=1S/C9H9N5O4/c1-2-18-8(16)4-7(15)13-6-3(11-4)5(10)12-9(17)14-6/h2H2,1H3,(H4,10,12,13,14,15,17). The molecule has 0 spiro atoms. The van der Waals surface area contributed by atoms with Crippen molar-refractivity contribution >= 4 is 23.0 Å². The largest absolute Gasteiger partial charge is 0.461 e. The van der Waals surface area contributed by atoms with Crippen LogP contribution in [0.15, 0.2) is 9.59 Å². The lowest BCUT2D eigenvalue weighted by atomic mass is 10.4. The van der Waals surface area contributed by atoms with Crippen molar-refractivity contribution in [1.82, 2.24) is 19.9 Å². The van der Waals surface area contributed by atoms with Crippen LogP contribution >= 0.6 is 0 Å². The van der Waals surface area contributed by atoms with Gasteiger partial charge in [-0.25, -0.2) is 14.6 Å². The number of fused-ring (bicyclic) bond motifs is 1.